The van der Waals surface area contributed by atoms with Gasteiger partial charge in [0.1, 0.15) is 11.8 Å². The van der Waals surface area contributed by atoms with E-state index in [-0.39, 0.29) is 17.4 Å². The molecule has 2 amide bonds. The van der Waals surface area contributed by atoms with Gasteiger partial charge in [-0.15, -0.1) is 0 Å². The quantitative estimate of drug-likeness (QED) is 0.266. The highest BCUT2D eigenvalue weighted by Crippen LogP contribution is 2.26. The molecule has 8 nitrogen and oxygen atoms in total. The van der Waals surface area contributed by atoms with Crippen LogP contribution in [0.3, 0.4) is 0 Å². The van der Waals surface area contributed by atoms with Gasteiger partial charge in [-0.3, -0.25) is 19.7 Å². The fourth-order valence-electron chi connectivity index (χ4n) is 3.11. The zero-order valence-electron chi connectivity index (χ0n) is 19.3. The van der Waals surface area contributed by atoms with Gasteiger partial charge in [0.05, 0.1) is 24.1 Å². The second-order valence-electron chi connectivity index (χ2n) is 8.21. The van der Waals surface area contributed by atoms with Gasteiger partial charge < -0.3 is 19.7 Å². The van der Waals surface area contributed by atoms with E-state index in [1.54, 1.807) is 23.1 Å². The van der Waals surface area contributed by atoms with Crippen LogP contribution < -0.4 is 15.4 Å². The fourth-order valence-corrected chi connectivity index (χ4v) is 3.92. The average Bonchev–Trinajstić information content (AvgIpc) is 2.76. The predicted octanol–water partition coefficient (Wildman–Crippen LogP) is 3.42. The smallest absolute Gasteiger partial charge is 0.308 e. The van der Waals surface area contributed by atoms with E-state index in [0.717, 1.165) is 19.3 Å². The molecule has 1 aliphatic rings. The minimum absolute atomic E-state index is 0.0919. The molecule has 1 aliphatic heterocycles. The minimum atomic E-state index is -0.834. The van der Waals surface area contributed by atoms with Gasteiger partial charge in [-0.1, -0.05) is 27.2 Å². The van der Waals surface area contributed by atoms with Crippen LogP contribution in [0.25, 0.3) is 0 Å². The molecule has 0 radical (unpaired) electrons. The number of halogens is 1. The second kappa shape index (κ2) is 13.5. The number of thiocarbonyl (C=S) groups is 1. The van der Waals surface area contributed by atoms with Crippen LogP contribution in [-0.2, 0) is 14.3 Å². The van der Waals surface area contributed by atoms with Gasteiger partial charge in [-0.2, -0.15) is 0 Å². The molecule has 0 saturated carbocycles. The highest BCUT2D eigenvalue weighted by atomic mass is 79.9. The molecule has 1 aromatic carbocycles. The maximum atomic E-state index is 12.8. The first-order chi connectivity index (χ1) is 15.7. The largest absolute Gasteiger partial charge is 0.492 e. The molecule has 0 bridgehead atoms. The Balaban J connectivity index is 1.99. The van der Waals surface area contributed by atoms with Gasteiger partial charge in [0.2, 0.25) is 5.91 Å². The van der Waals surface area contributed by atoms with Crippen LogP contribution in [0.1, 0.15) is 56.8 Å². The lowest BCUT2D eigenvalue weighted by molar-refractivity contribution is -0.147. The lowest BCUT2D eigenvalue weighted by atomic mass is 10.1. The maximum absolute atomic E-state index is 12.8. The molecule has 2 rings (SSSR count). The van der Waals surface area contributed by atoms with Gasteiger partial charge in [-0.05, 0) is 65.1 Å². The molecule has 182 valence electrons. The Hall–Kier alpha value is -2.20. The SMILES string of the molecule is CCCCOc1ccc(C(=O)NC(=S)N2CCNC(=O)C2CC(=O)OCCC(C)C)cc1Br. The number of amides is 2. The molecule has 1 unspecified atom stereocenters. The summed E-state index contributed by atoms with van der Waals surface area (Å²) in [5, 5.41) is 5.50. The zero-order valence-corrected chi connectivity index (χ0v) is 21.7. The number of hydrogen-bond acceptors (Lipinski definition) is 6. The number of carbonyl (C=O) groups is 3. The number of esters is 1. The molecule has 2 N–H and O–H groups in total. The molecule has 10 heteroatoms. The summed E-state index contributed by atoms with van der Waals surface area (Å²) in [4.78, 5) is 39.0. The van der Waals surface area contributed by atoms with E-state index < -0.39 is 17.9 Å². The van der Waals surface area contributed by atoms with Crippen molar-refractivity contribution in [2.24, 2.45) is 5.92 Å². The number of nitrogens with zero attached hydrogens (tertiary/aromatic N) is 1. The van der Waals surface area contributed by atoms with Crippen molar-refractivity contribution in [2.75, 3.05) is 26.3 Å². The van der Waals surface area contributed by atoms with Crippen molar-refractivity contribution >= 4 is 51.0 Å². The Bertz CT molecular complexity index is 864. The van der Waals surface area contributed by atoms with E-state index in [1.165, 1.54) is 0 Å². The summed E-state index contributed by atoms with van der Waals surface area (Å²) < 4.78 is 11.6. The lowest BCUT2D eigenvalue weighted by Crippen LogP contribution is -2.60. The summed E-state index contributed by atoms with van der Waals surface area (Å²) in [5.74, 6) is -0.141. The minimum Gasteiger partial charge on any atom is -0.492 e. The van der Waals surface area contributed by atoms with Crippen molar-refractivity contribution in [2.45, 2.75) is 52.5 Å². The molecule has 1 aromatic rings. The van der Waals surface area contributed by atoms with Crippen LogP contribution in [-0.4, -0.2) is 60.1 Å². The van der Waals surface area contributed by atoms with Gasteiger partial charge in [0, 0.05) is 18.7 Å². The number of carbonyl (C=O) groups excluding carboxylic acids is 3. The van der Waals surface area contributed by atoms with E-state index in [2.05, 4.69) is 33.5 Å². The summed E-state index contributed by atoms with van der Waals surface area (Å²) in [6, 6.07) is 4.20. The molecule has 1 saturated heterocycles. The molecular formula is C23H32BrN3O5S. The van der Waals surface area contributed by atoms with Crippen molar-refractivity contribution in [1.29, 1.82) is 0 Å². The Morgan fingerprint density at radius 3 is 2.76 bits per heavy atom. The van der Waals surface area contributed by atoms with Crippen LogP contribution in [0.4, 0.5) is 0 Å². The zero-order chi connectivity index (χ0) is 24.4. The molecule has 0 aliphatic carbocycles. The van der Waals surface area contributed by atoms with E-state index in [4.69, 9.17) is 21.7 Å². The first-order valence-corrected chi connectivity index (χ1v) is 12.4. The summed E-state index contributed by atoms with van der Waals surface area (Å²) in [6.07, 6.45) is 2.58. The number of piperazine rings is 1. The lowest BCUT2D eigenvalue weighted by Gasteiger charge is -2.36. The third kappa shape index (κ3) is 8.58. The molecule has 33 heavy (non-hydrogen) atoms. The third-order valence-electron chi connectivity index (χ3n) is 5.08. The molecule has 0 aromatic heterocycles. The van der Waals surface area contributed by atoms with E-state index in [9.17, 15) is 14.4 Å². The average molecular weight is 542 g/mol. The Labute approximate surface area is 208 Å². The van der Waals surface area contributed by atoms with Crippen LogP contribution >= 0.6 is 28.1 Å². The van der Waals surface area contributed by atoms with Crippen molar-refractivity contribution in [3.8, 4) is 5.75 Å². The topological polar surface area (TPSA) is 97.0 Å². The van der Waals surface area contributed by atoms with Gasteiger partial charge in [0.25, 0.3) is 5.91 Å². The second-order valence-corrected chi connectivity index (χ2v) is 9.45. The van der Waals surface area contributed by atoms with Gasteiger partial charge in [0.15, 0.2) is 5.11 Å². The number of unbranched alkanes of at least 4 members (excludes halogenated alkanes) is 1. The normalized spacial score (nSPS) is 15.7. The summed E-state index contributed by atoms with van der Waals surface area (Å²) in [5.41, 5.74) is 0.387. The van der Waals surface area contributed by atoms with Gasteiger partial charge in [-0.25, -0.2) is 0 Å². The molecular weight excluding hydrogens is 510 g/mol. The van der Waals surface area contributed by atoms with Gasteiger partial charge >= 0.3 is 5.97 Å². The highest BCUT2D eigenvalue weighted by molar-refractivity contribution is 9.10. The number of hydrogen-bond donors (Lipinski definition) is 2. The van der Waals surface area contributed by atoms with Crippen molar-refractivity contribution < 1.29 is 23.9 Å². The van der Waals surface area contributed by atoms with Crippen LogP contribution in [0, 0.1) is 5.92 Å². The van der Waals surface area contributed by atoms with Crippen LogP contribution in [0.2, 0.25) is 0 Å². The van der Waals surface area contributed by atoms with Crippen LogP contribution in [0.15, 0.2) is 22.7 Å². The van der Waals surface area contributed by atoms with E-state index in [0.29, 0.717) is 48.0 Å². The van der Waals surface area contributed by atoms with Crippen molar-refractivity contribution in [3.63, 3.8) is 0 Å². The van der Waals surface area contributed by atoms with Crippen molar-refractivity contribution in [1.82, 2.24) is 15.5 Å². The number of benzene rings is 1. The fraction of sp³-hybridized carbons (Fsp3) is 0.565. The monoisotopic (exact) mass is 541 g/mol. The first-order valence-electron chi connectivity index (χ1n) is 11.2. The maximum Gasteiger partial charge on any atom is 0.308 e. The molecule has 1 fully saturated rings. The Kier molecular flexibility index (Phi) is 11.1. The summed E-state index contributed by atoms with van der Waals surface area (Å²) in [7, 11) is 0. The van der Waals surface area contributed by atoms with E-state index >= 15 is 0 Å². The predicted molar refractivity (Wildman–Crippen MR) is 133 cm³/mol. The summed E-state index contributed by atoms with van der Waals surface area (Å²) in [6.45, 7) is 7.81. The molecule has 1 heterocycles. The first kappa shape index (κ1) is 27.0. The Morgan fingerprint density at radius 2 is 2.09 bits per heavy atom. The third-order valence-corrected chi connectivity index (χ3v) is 6.04. The Morgan fingerprint density at radius 1 is 1.33 bits per heavy atom. The molecule has 1 atom stereocenters. The standard InChI is InChI=1S/C23H32BrN3O5S/c1-4-5-11-31-19-7-6-16(13-17(19)24)21(29)26-23(33)27-10-9-25-22(30)18(27)14-20(28)32-12-8-15(2)3/h6-7,13,15,18H,4-5,8-12,14H2,1-3H3,(H,25,30)(H,26,29,33). The number of rotatable bonds is 10. The number of ether oxygens (including phenoxy) is 2. The highest BCUT2D eigenvalue weighted by Gasteiger charge is 2.34. The van der Waals surface area contributed by atoms with E-state index in [1.807, 2.05) is 13.8 Å². The number of nitrogens with one attached hydrogen (secondary N) is 2. The summed E-state index contributed by atoms with van der Waals surface area (Å²) >= 11 is 8.84. The van der Waals surface area contributed by atoms with Crippen LogP contribution in [0.5, 0.6) is 5.75 Å². The molecule has 0 spiro atoms. The van der Waals surface area contributed by atoms with Crippen molar-refractivity contribution in [3.05, 3.63) is 28.2 Å².